The van der Waals surface area contributed by atoms with Crippen molar-refractivity contribution in [2.24, 2.45) is 5.92 Å². The van der Waals surface area contributed by atoms with E-state index in [4.69, 9.17) is 0 Å². The van der Waals surface area contributed by atoms with Gasteiger partial charge in [-0.05, 0) is 19.3 Å². The van der Waals surface area contributed by atoms with Gasteiger partial charge in [-0.1, -0.05) is 6.92 Å². The van der Waals surface area contributed by atoms with Crippen LogP contribution >= 0.6 is 0 Å². The van der Waals surface area contributed by atoms with Crippen LogP contribution in [0.15, 0.2) is 0 Å². The van der Waals surface area contributed by atoms with Crippen molar-refractivity contribution in [1.82, 2.24) is 10.2 Å². The first-order valence-electron chi connectivity index (χ1n) is 4.70. The van der Waals surface area contributed by atoms with E-state index in [-0.39, 0.29) is 23.9 Å². The van der Waals surface area contributed by atoms with Crippen LogP contribution in [0.1, 0.15) is 20.3 Å². The topological polar surface area (TPSA) is 49.4 Å². The summed E-state index contributed by atoms with van der Waals surface area (Å²) in [6.45, 7) is 4.55. The number of nitrogens with zero attached hydrogens (tertiary/aromatic N) is 1. The lowest BCUT2D eigenvalue weighted by atomic mass is 10.1. The number of carbonyl (C=O) groups is 2. The summed E-state index contributed by atoms with van der Waals surface area (Å²) >= 11 is 0. The van der Waals surface area contributed by atoms with Crippen molar-refractivity contribution in [2.75, 3.05) is 6.54 Å². The molecule has 1 N–H and O–H groups in total. The first-order valence-corrected chi connectivity index (χ1v) is 4.70. The highest BCUT2D eigenvalue weighted by Gasteiger charge is 2.43. The van der Waals surface area contributed by atoms with Crippen LogP contribution in [0.3, 0.4) is 0 Å². The summed E-state index contributed by atoms with van der Waals surface area (Å²) in [7, 11) is 0. The number of rotatable bonds is 0. The SMILES string of the molecule is C[C@H]1C[C@@H]2C(=O)N[C@@H](C)C(=O)N2C1. The molecule has 0 aromatic carbocycles. The highest BCUT2D eigenvalue weighted by molar-refractivity contribution is 5.97. The van der Waals surface area contributed by atoms with Gasteiger partial charge < -0.3 is 10.2 Å². The predicted molar refractivity (Wildman–Crippen MR) is 46.9 cm³/mol. The quantitative estimate of drug-likeness (QED) is 0.561. The average Bonchev–Trinajstić information content (AvgIpc) is 2.44. The third-order valence-electron chi connectivity index (χ3n) is 2.83. The van der Waals surface area contributed by atoms with Crippen molar-refractivity contribution in [2.45, 2.75) is 32.4 Å². The van der Waals surface area contributed by atoms with E-state index in [1.54, 1.807) is 11.8 Å². The summed E-state index contributed by atoms with van der Waals surface area (Å²) in [4.78, 5) is 24.8. The Morgan fingerprint density at radius 3 is 2.77 bits per heavy atom. The number of hydrogen-bond acceptors (Lipinski definition) is 2. The lowest BCUT2D eigenvalue weighted by molar-refractivity contribution is -0.146. The van der Waals surface area contributed by atoms with Gasteiger partial charge in [-0.25, -0.2) is 0 Å². The Morgan fingerprint density at radius 1 is 1.38 bits per heavy atom. The molecule has 72 valence electrons. The van der Waals surface area contributed by atoms with Gasteiger partial charge in [0.05, 0.1) is 0 Å². The minimum absolute atomic E-state index is 0.0106. The molecule has 2 amide bonds. The van der Waals surface area contributed by atoms with Crippen LogP contribution in [0.2, 0.25) is 0 Å². The molecule has 2 rings (SSSR count). The van der Waals surface area contributed by atoms with E-state index >= 15 is 0 Å². The fourth-order valence-electron chi connectivity index (χ4n) is 2.16. The van der Waals surface area contributed by atoms with Crippen LogP contribution in [0.25, 0.3) is 0 Å². The summed E-state index contributed by atoms with van der Waals surface area (Å²) in [5, 5.41) is 2.69. The lowest BCUT2D eigenvalue weighted by Crippen LogP contribution is -2.59. The molecular formula is C9H14N2O2. The number of hydrogen-bond donors (Lipinski definition) is 1. The molecule has 0 aromatic heterocycles. The molecule has 2 heterocycles. The molecule has 0 radical (unpaired) electrons. The molecule has 2 aliphatic rings. The third kappa shape index (κ3) is 1.20. The maximum atomic E-state index is 11.6. The van der Waals surface area contributed by atoms with Crippen molar-refractivity contribution in [1.29, 1.82) is 0 Å². The molecule has 0 bridgehead atoms. The normalized spacial score (nSPS) is 38.9. The van der Waals surface area contributed by atoms with Crippen LogP contribution in [0.4, 0.5) is 0 Å². The van der Waals surface area contributed by atoms with Gasteiger partial charge in [-0.15, -0.1) is 0 Å². The molecule has 3 atom stereocenters. The van der Waals surface area contributed by atoms with E-state index in [1.165, 1.54) is 0 Å². The standard InChI is InChI=1S/C9H14N2O2/c1-5-3-7-8(12)10-6(2)9(13)11(7)4-5/h5-7H,3-4H2,1-2H3,(H,10,12)/t5-,6-,7+/m0/s1. The van der Waals surface area contributed by atoms with Crippen LogP contribution in [0.5, 0.6) is 0 Å². The molecule has 13 heavy (non-hydrogen) atoms. The van der Waals surface area contributed by atoms with E-state index in [9.17, 15) is 9.59 Å². The molecule has 0 saturated carbocycles. The van der Waals surface area contributed by atoms with Gasteiger partial charge >= 0.3 is 0 Å². The smallest absolute Gasteiger partial charge is 0.245 e. The second-order valence-electron chi connectivity index (χ2n) is 4.08. The molecule has 4 nitrogen and oxygen atoms in total. The molecule has 4 heteroatoms. The minimum Gasteiger partial charge on any atom is -0.343 e. The molecule has 0 aliphatic carbocycles. The van der Waals surface area contributed by atoms with Crippen molar-refractivity contribution >= 4 is 11.8 Å². The summed E-state index contributed by atoms with van der Waals surface area (Å²) in [6.07, 6.45) is 0.810. The van der Waals surface area contributed by atoms with Crippen LogP contribution in [-0.2, 0) is 9.59 Å². The maximum Gasteiger partial charge on any atom is 0.245 e. The first kappa shape index (κ1) is 8.53. The number of piperazine rings is 1. The van der Waals surface area contributed by atoms with Crippen LogP contribution in [-0.4, -0.2) is 35.3 Å². The molecule has 2 fully saturated rings. The Balaban J connectivity index is 2.23. The summed E-state index contributed by atoms with van der Waals surface area (Å²) in [5.74, 6) is 0.524. The number of amides is 2. The molecule has 0 aromatic rings. The summed E-state index contributed by atoms with van der Waals surface area (Å²) in [5.41, 5.74) is 0. The third-order valence-corrected chi connectivity index (χ3v) is 2.83. The first-order chi connectivity index (χ1) is 6.09. The van der Waals surface area contributed by atoms with Crippen molar-refractivity contribution in [3.8, 4) is 0 Å². The molecule has 2 aliphatic heterocycles. The van der Waals surface area contributed by atoms with E-state index in [1.807, 2.05) is 0 Å². The second kappa shape index (κ2) is 2.72. The monoisotopic (exact) mass is 182 g/mol. The largest absolute Gasteiger partial charge is 0.343 e. The average molecular weight is 182 g/mol. The maximum absolute atomic E-state index is 11.6. The van der Waals surface area contributed by atoms with E-state index in [0.717, 1.165) is 13.0 Å². The van der Waals surface area contributed by atoms with Gasteiger partial charge in [0, 0.05) is 6.54 Å². The van der Waals surface area contributed by atoms with Gasteiger partial charge in [-0.3, -0.25) is 9.59 Å². The van der Waals surface area contributed by atoms with Gasteiger partial charge in [0.2, 0.25) is 11.8 Å². The highest BCUT2D eigenvalue weighted by Crippen LogP contribution is 2.25. The fourth-order valence-corrected chi connectivity index (χ4v) is 2.16. The predicted octanol–water partition coefficient (Wildman–Crippen LogP) is -0.258. The number of nitrogens with one attached hydrogen (secondary N) is 1. The van der Waals surface area contributed by atoms with Gasteiger partial charge in [0.1, 0.15) is 12.1 Å². The number of carbonyl (C=O) groups excluding carboxylic acids is 2. The van der Waals surface area contributed by atoms with Crippen LogP contribution < -0.4 is 5.32 Å². The van der Waals surface area contributed by atoms with Crippen molar-refractivity contribution in [3.05, 3.63) is 0 Å². The van der Waals surface area contributed by atoms with Crippen LogP contribution in [0, 0.1) is 5.92 Å². The van der Waals surface area contributed by atoms with Crippen molar-refractivity contribution in [3.63, 3.8) is 0 Å². The van der Waals surface area contributed by atoms with Gasteiger partial charge in [0.25, 0.3) is 0 Å². The molecule has 0 spiro atoms. The number of fused-ring (bicyclic) bond motifs is 1. The Bertz CT molecular complexity index is 264. The van der Waals surface area contributed by atoms with Crippen molar-refractivity contribution < 1.29 is 9.59 Å². The zero-order valence-corrected chi connectivity index (χ0v) is 7.91. The Morgan fingerprint density at radius 2 is 2.08 bits per heavy atom. The van der Waals surface area contributed by atoms with Gasteiger partial charge in [-0.2, -0.15) is 0 Å². The summed E-state index contributed by atoms with van der Waals surface area (Å²) < 4.78 is 0. The lowest BCUT2D eigenvalue weighted by Gasteiger charge is -2.32. The Kier molecular flexibility index (Phi) is 1.78. The zero-order valence-electron chi connectivity index (χ0n) is 7.91. The van der Waals surface area contributed by atoms with E-state index in [0.29, 0.717) is 5.92 Å². The fraction of sp³-hybridized carbons (Fsp3) is 0.778. The Hall–Kier alpha value is -1.06. The minimum atomic E-state index is -0.339. The molecule has 0 unspecified atom stereocenters. The highest BCUT2D eigenvalue weighted by atomic mass is 16.2. The van der Waals surface area contributed by atoms with Gasteiger partial charge in [0.15, 0.2) is 0 Å². The molecular weight excluding hydrogens is 168 g/mol. The summed E-state index contributed by atoms with van der Waals surface area (Å²) in [6, 6.07) is -0.534. The van der Waals surface area contributed by atoms with E-state index in [2.05, 4.69) is 12.2 Å². The molecule has 2 saturated heterocycles. The second-order valence-corrected chi connectivity index (χ2v) is 4.08. The Labute approximate surface area is 77.3 Å². The zero-order chi connectivity index (χ0) is 9.59. The van der Waals surface area contributed by atoms with E-state index < -0.39 is 0 Å².